The summed E-state index contributed by atoms with van der Waals surface area (Å²) in [6.07, 6.45) is 0. The molecule has 1 N–H and O–H groups in total. The van der Waals surface area contributed by atoms with E-state index in [2.05, 4.69) is 10.3 Å². The molecule has 2 aromatic rings. The van der Waals surface area contributed by atoms with Crippen LogP contribution in [0.2, 0.25) is 0 Å². The molecule has 0 aliphatic carbocycles. The van der Waals surface area contributed by atoms with Gasteiger partial charge in [0.15, 0.2) is 0 Å². The van der Waals surface area contributed by atoms with Crippen molar-refractivity contribution in [1.29, 1.82) is 0 Å². The van der Waals surface area contributed by atoms with Gasteiger partial charge in [-0.05, 0) is 26.0 Å². The van der Waals surface area contributed by atoms with Crippen molar-refractivity contribution < 1.29 is 4.79 Å². The van der Waals surface area contributed by atoms with Crippen LogP contribution in [0.5, 0.6) is 0 Å². The molecule has 1 amide bonds. The first-order chi connectivity index (χ1) is 8.61. The lowest BCUT2D eigenvalue weighted by molar-refractivity contribution is -0.122. The second-order valence-electron chi connectivity index (χ2n) is 4.46. The van der Waals surface area contributed by atoms with Crippen molar-refractivity contribution >= 4 is 28.5 Å². The van der Waals surface area contributed by atoms with Crippen LogP contribution in [0, 0.1) is 0 Å². The molecule has 0 saturated carbocycles. The third kappa shape index (κ3) is 2.64. The summed E-state index contributed by atoms with van der Waals surface area (Å²) < 4.78 is 1.86. The predicted molar refractivity (Wildman–Crippen MR) is 72.6 cm³/mol. The summed E-state index contributed by atoms with van der Waals surface area (Å²) in [7, 11) is 0. The highest BCUT2D eigenvalue weighted by Crippen LogP contribution is 2.17. The topological polar surface area (TPSA) is 46.9 Å². The van der Waals surface area contributed by atoms with Crippen molar-refractivity contribution in [3.63, 3.8) is 0 Å². The third-order valence-electron chi connectivity index (χ3n) is 2.60. The highest BCUT2D eigenvalue weighted by atomic mass is 35.5. The molecule has 5 heteroatoms. The lowest BCUT2D eigenvalue weighted by atomic mass is 10.3. The van der Waals surface area contributed by atoms with E-state index in [0.717, 1.165) is 16.9 Å². The van der Waals surface area contributed by atoms with Gasteiger partial charge in [0.25, 0.3) is 0 Å². The normalized spacial score (nSPS) is 11.1. The first-order valence-electron chi connectivity index (χ1n) is 5.91. The quantitative estimate of drug-likeness (QED) is 0.863. The minimum atomic E-state index is -0.0282. The van der Waals surface area contributed by atoms with E-state index in [-0.39, 0.29) is 18.5 Å². The van der Waals surface area contributed by atoms with Gasteiger partial charge in [-0.2, -0.15) is 0 Å². The molecular formula is C13H16ClN3O. The van der Waals surface area contributed by atoms with Gasteiger partial charge in [0.2, 0.25) is 5.91 Å². The van der Waals surface area contributed by atoms with E-state index in [1.165, 1.54) is 0 Å². The molecule has 4 nitrogen and oxygen atoms in total. The lowest BCUT2D eigenvalue weighted by Gasteiger charge is -2.10. The number of imidazole rings is 1. The van der Waals surface area contributed by atoms with Crippen molar-refractivity contribution in [3.05, 3.63) is 30.1 Å². The second-order valence-corrected chi connectivity index (χ2v) is 4.73. The summed E-state index contributed by atoms with van der Waals surface area (Å²) in [4.78, 5) is 16.2. The molecule has 0 spiro atoms. The highest BCUT2D eigenvalue weighted by molar-refractivity contribution is 6.16. The summed E-state index contributed by atoms with van der Waals surface area (Å²) in [5.74, 6) is 0.986. The van der Waals surface area contributed by atoms with Crippen molar-refractivity contribution in [2.75, 3.05) is 0 Å². The van der Waals surface area contributed by atoms with Gasteiger partial charge in [-0.3, -0.25) is 4.79 Å². The summed E-state index contributed by atoms with van der Waals surface area (Å²) in [6, 6.07) is 7.85. The number of aromatic nitrogens is 2. The van der Waals surface area contributed by atoms with Crippen molar-refractivity contribution in [1.82, 2.24) is 14.9 Å². The number of benzene rings is 1. The SMILES string of the molecule is CC(C)NC(=O)Cn1c(CCl)nc2ccccc21. The molecule has 2 rings (SSSR count). The summed E-state index contributed by atoms with van der Waals surface area (Å²) >= 11 is 5.88. The molecule has 0 aliphatic heterocycles. The fourth-order valence-electron chi connectivity index (χ4n) is 1.92. The number of halogens is 1. The molecule has 0 unspecified atom stereocenters. The van der Waals surface area contributed by atoms with Gasteiger partial charge in [0, 0.05) is 6.04 Å². The van der Waals surface area contributed by atoms with Crippen LogP contribution in [0.15, 0.2) is 24.3 Å². The zero-order valence-corrected chi connectivity index (χ0v) is 11.2. The van der Waals surface area contributed by atoms with Crippen LogP contribution in [-0.4, -0.2) is 21.5 Å². The van der Waals surface area contributed by atoms with Gasteiger partial charge in [-0.1, -0.05) is 12.1 Å². The Morgan fingerprint density at radius 1 is 1.44 bits per heavy atom. The van der Waals surface area contributed by atoms with E-state index >= 15 is 0 Å². The van der Waals surface area contributed by atoms with Crippen LogP contribution >= 0.6 is 11.6 Å². The molecule has 96 valence electrons. The Bertz CT molecular complexity index is 562. The lowest BCUT2D eigenvalue weighted by Crippen LogP contribution is -2.33. The smallest absolute Gasteiger partial charge is 0.240 e. The molecule has 0 atom stereocenters. The molecule has 0 radical (unpaired) electrons. The maximum absolute atomic E-state index is 11.8. The summed E-state index contributed by atoms with van der Waals surface area (Å²) in [5, 5.41) is 2.87. The number of amides is 1. The number of nitrogens with zero attached hydrogens (tertiary/aromatic N) is 2. The zero-order chi connectivity index (χ0) is 13.1. The maximum atomic E-state index is 11.8. The Balaban J connectivity index is 2.33. The number of carbonyl (C=O) groups is 1. The monoisotopic (exact) mass is 265 g/mol. The minimum absolute atomic E-state index is 0.0282. The van der Waals surface area contributed by atoms with Gasteiger partial charge < -0.3 is 9.88 Å². The molecule has 0 aliphatic rings. The second kappa shape index (κ2) is 5.40. The van der Waals surface area contributed by atoms with E-state index < -0.39 is 0 Å². The van der Waals surface area contributed by atoms with Gasteiger partial charge >= 0.3 is 0 Å². The zero-order valence-electron chi connectivity index (χ0n) is 10.5. The van der Waals surface area contributed by atoms with Crippen molar-refractivity contribution in [2.24, 2.45) is 0 Å². The van der Waals surface area contributed by atoms with Crippen molar-refractivity contribution in [3.8, 4) is 0 Å². The number of rotatable bonds is 4. The number of nitrogens with one attached hydrogen (secondary N) is 1. The summed E-state index contributed by atoms with van der Waals surface area (Å²) in [6.45, 7) is 4.12. The van der Waals surface area contributed by atoms with Crippen LogP contribution < -0.4 is 5.32 Å². The molecule has 1 heterocycles. The number of para-hydroxylation sites is 2. The van der Waals surface area contributed by atoms with Crippen LogP contribution in [0.4, 0.5) is 0 Å². The largest absolute Gasteiger partial charge is 0.352 e. The Labute approximate surface area is 111 Å². The Hall–Kier alpha value is -1.55. The van der Waals surface area contributed by atoms with Crippen LogP contribution in [0.25, 0.3) is 11.0 Å². The average molecular weight is 266 g/mol. The molecule has 0 saturated heterocycles. The van der Waals surface area contributed by atoms with E-state index in [1.807, 2.05) is 42.7 Å². The Morgan fingerprint density at radius 2 is 2.17 bits per heavy atom. The Kier molecular flexibility index (Phi) is 3.87. The Morgan fingerprint density at radius 3 is 2.83 bits per heavy atom. The number of fused-ring (bicyclic) bond motifs is 1. The van der Waals surface area contributed by atoms with Crippen LogP contribution in [0.1, 0.15) is 19.7 Å². The molecule has 0 bridgehead atoms. The average Bonchev–Trinajstić information content (AvgIpc) is 2.66. The van der Waals surface area contributed by atoms with Gasteiger partial charge in [0.1, 0.15) is 12.4 Å². The number of hydrogen-bond donors (Lipinski definition) is 1. The van der Waals surface area contributed by atoms with Gasteiger partial charge in [-0.15, -0.1) is 11.6 Å². The predicted octanol–water partition coefficient (Wildman–Crippen LogP) is 2.30. The third-order valence-corrected chi connectivity index (χ3v) is 2.84. The number of hydrogen-bond acceptors (Lipinski definition) is 2. The molecule has 0 fully saturated rings. The van der Waals surface area contributed by atoms with Gasteiger partial charge in [-0.25, -0.2) is 4.98 Å². The molecule has 1 aromatic heterocycles. The molecule has 18 heavy (non-hydrogen) atoms. The minimum Gasteiger partial charge on any atom is -0.352 e. The highest BCUT2D eigenvalue weighted by Gasteiger charge is 2.12. The van der Waals surface area contributed by atoms with E-state index in [1.54, 1.807) is 0 Å². The molecular weight excluding hydrogens is 250 g/mol. The first kappa shape index (κ1) is 12.9. The fraction of sp³-hybridized carbons (Fsp3) is 0.385. The first-order valence-corrected chi connectivity index (χ1v) is 6.44. The molecule has 1 aromatic carbocycles. The maximum Gasteiger partial charge on any atom is 0.240 e. The standard InChI is InChI=1S/C13H16ClN3O/c1-9(2)15-13(18)8-17-11-6-4-3-5-10(11)16-12(17)7-14/h3-6,9H,7-8H2,1-2H3,(H,15,18). The van der Waals surface area contributed by atoms with E-state index in [4.69, 9.17) is 11.6 Å². The van der Waals surface area contributed by atoms with E-state index in [0.29, 0.717) is 5.88 Å². The van der Waals surface area contributed by atoms with Crippen LogP contribution in [-0.2, 0) is 17.2 Å². The van der Waals surface area contributed by atoms with Crippen molar-refractivity contribution in [2.45, 2.75) is 32.3 Å². The van der Waals surface area contributed by atoms with E-state index in [9.17, 15) is 4.79 Å². The van der Waals surface area contributed by atoms with Crippen LogP contribution in [0.3, 0.4) is 0 Å². The number of carbonyl (C=O) groups excluding carboxylic acids is 1. The van der Waals surface area contributed by atoms with Gasteiger partial charge in [0.05, 0.1) is 16.9 Å². The number of alkyl halides is 1. The summed E-state index contributed by atoms with van der Waals surface area (Å²) in [5.41, 5.74) is 1.80. The fourth-order valence-corrected chi connectivity index (χ4v) is 2.12.